The molecule has 0 saturated heterocycles. The maximum Gasteiger partial charge on any atom is 0.303 e. The molecule has 1 fully saturated rings. The molecule has 1 aliphatic rings. The maximum atomic E-state index is 10.8. The Balaban J connectivity index is 2.03. The first-order valence-corrected chi connectivity index (χ1v) is 6.58. The van der Waals surface area contributed by atoms with Gasteiger partial charge in [-0.1, -0.05) is 11.6 Å². The molecule has 0 bridgehead atoms. The van der Waals surface area contributed by atoms with E-state index in [1.54, 1.807) is 0 Å². The predicted octanol–water partition coefficient (Wildman–Crippen LogP) is 3.67. The molecular weight excluding hydrogens is 252 g/mol. The molecule has 98 valence electrons. The van der Waals surface area contributed by atoms with Crippen LogP contribution in [0.5, 0.6) is 5.75 Å². The van der Waals surface area contributed by atoms with E-state index < -0.39 is 5.97 Å². The number of halogens is 1. The average molecular weight is 269 g/mol. The summed E-state index contributed by atoms with van der Waals surface area (Å²) in [4.78, 5) is 10.8. The van der Waals surface area contributed by atoms with Crippen LogP contribution < -0.4 is 4.74 Å². The first-order valence-electron chi connectivity index (χ1n) is 6.21. The Morgan fingerprint density at radius 2 is 2.28 bits per heavy atom. The van der Waals surface area contributed by atoms with E-state index >= 15 is 0 Å². The van der Waals surface area contributed by atoms with Gasteiger partial charge in [0, 0.05) is 10.9 Å². The molecule has 1 N–H and O–H groups in total. The highest BCUT2D eigenvalue weighted by molar-refractivity contribution is 6.31. The number of rotatable bonds is 4. The van der Waals surface area contributed by atoms with Crippen LogP contribution in [0.3, 0.4) is 0 Å². The van der Waals surface area contributed by atoms with Crippen molar-refractivity contribution in [2.45, 2.75) is 38.7 Å². The molecule has 4 heteroatoms. The maximum absolute atomic E-state index is 10.8. The van der Waals surface area contributed by atoms with Crippen molar-refractivity contribution in [3.63, 3.8) is 0 Å². The zero-order valence-electron chi connectivity index (χ0n) is 10.4. The second-order valence-electron chi connectivity index (χ2n) is 4.86. The zero-order valence-corrected chi connectivity index (χ0v) is 11.1. The summed E-state index contributed by atoms with van der Waals surface area (Å²) in [7, 11) is 0. The fourth-order valence-corrected chi connectivity index (χ4v) is 2.60. The van der Waals surface area contributed by atoms with Crippen LogP contribution in [0.1, 0.15) is 31.2 Å². The molecule has 1 aromatic rings. The van der Waals surface area contributed by atoms with Gasteiger partial charge in [0.05, 0.1) is 6.42 Å². The van der Waals surface area contributed by atoms with Gasteiger partial charge in [0.15, 0.2) is 0 Å². The average Bonchev–Trinajstić information content (AvgIpc) is 2.70. The molecule has 3 nitrogen and oxygen atoms in total. The fourth-order valence-electron chi connectivity index (χ4n) is 2.48. The topological polar surface area (TPSA) is 46.5 Å². The van der Waals surface area contributed by atoms with Crippen molar-refractivity contribution in [2.24, 2.45) is 5.92 Å². The molecule has 2 rings (SSSR count). The van der Waals surface area contributed by atoms with Crippen molar-refractivity contribution >= 4 is 17.6 Å². The number of hydrogen-bond donors (Lipinski definition) is 1. The van der Waals surface area contributed by atoms with Gasteiger partial charge >= 0.3 is 5.97 Å². The lowest BCUT2D eigenvalue weighted by Gasteiger charge is -2.20. The van der Waals surface area contributed by atoms with E-state index in [9.17, 15) is 4.79 Å². The molecule has 2 unspecified atom stereocenters. The molecule has 1 aromatic carbocycles. The Bertz CT molecular complexity index is 445. The molecule has 0 amide bonds. The van der Waals surface area contributed by atoms with Crippen LogP contribution in [0.25, 0.3) is 0 Å². The highest BCUT2D eigenvalue weighted by Gasteiger charge is 2.30. The van der Waals surface area contributed by atoms with Crippen LogP contribution in [0, 0.1) is 12.8 Å². The molecule has 0 aromatic heterocycles. The van der Waals surface area contributed by atoms with E-state index in [0.717, 1.165) is 35.6 Å². The summed E-state index contributed by atoms with van der Waals surface area (Å²) < 4.78 is 5.90. The van der Waals surface area contributed by atoms with Crippen molar-refractivity contribution < 1.29 is 14.6 Å². The number of aryl methyl sites for hydroxylation is 1. The van der Waals surface area contributed by atoms with Crippen LogP contribution in [-0.2, 0) is 4.79 Å². The van der Waals surface area contributed by atoms with Crippen LogP contribution >= 0.6 is 11.6 Å². The normalized spacial score (nSPS) is 23.0. The monoisotopic (exact) mass is 268 g/mol. The second kappa shape index (κ2) is 5.61. The Kier molecular flexibility index (Phi) is 4.12. The van der Waals surface area contributed by atoms with Crippen molar-refractivity contribution in [1.82, 2.24) is 0 Å². The molecule has 0 heterocycles. The summed E-state index contributed by atoms with van der Waals surface area (Å²) in [6.45, 7) is 1.93. The molecule has 1 aliphatic carbocycles. The van der Waals surface area contributed by atoms with E-state index in [1.165, 1.54) is 0 Å². The third kappa shape index (κ3) is 3.16. The summed E-state index contributed by atoms with van der Waals surface area (Å²) in [6.07, 6.45) is 3.11. The fraction of sp³-hybridized carbons (Fsp3) is 0.500. The second-order valence-corrected chi connectivity index (χ2v) is 5.26. The lowest BCUT2D eigenvalue weighted by atomic mass is 10.0. The number of carbonyl (C=O) groups is 1. The SMILES string of the molecule is Cc1cc(OC2CCCC2CC(=O)O)ccc1Cl. The summed E-state index contributed by atoms with van der Waals surface area (Å²) in [5, 5.41) is 9.58. The van der Waals surface area contributed by atoms with Crippen LogP contribution in [-0.4, -0.2) is 17.2 Å². The summed E-state index contributed by atoms with van der Waals surface area (Å²) in [5.74, 6) is 0.153. The van der Waals surface area contributed by atoms with Crippen molar-refractivity contribution in [1.29, 1.82) is 0 Å². The Morgan fingerprint density at radius 3 is 2.94 bits per heavy atom. The van der Waals surface area contributed by atoms with Crippen LogP contribution in [0.4, 0.5) is 0 Å². The minimum atomic E-state index is -0.747. The van der Waals surface area contributed by atoms with E-state index in [1.807, 2.05) is 25.1 Å². The molecule has 0 radical (unpaired) electrons. The van der Waals surface area contributed by atoms with Gasteiger partial charge in [-0.15, -0.1) is 0 Å². The van der Waals surface area contributed by atoms with Gasteiger partial charge in [-0.05, 0) is 49.9 Å². The van der Waals surface area contributed by atoms with E-state index in [2.05, 4.69) is 0 Å². The minimum Gasteiger partial charge on any atom is -0.490 e. The number of carboxylic acid groups (broad SMARTS) is 1. The van der Waals surface area contributed by atoms with Gasteiger partial charge in [-0.3, -0.25) is 4.79 Å². The summed E-state index contributed by atoms with van der Waals surface area (Å²) >= 11 is 5.96. The molecule has 0 spiro atoms. The van der Waals surface area contributed by atoms with Gasteiger partial charge in [-0.2, -0.15) is 0 Å². The third-order valence-electron chi connectivity index (χ3n) is 3.44. The number of ether oxygens (including phenoxy) is 1. The van der Waals surface area contributed by atoms with E-state index in [0.29, 0.717) is 0 Å². The predicted molar refractivity (Wildman–Crippen MR) is 70.2 cm³/mol. The Hall–Kier alpha value is -1.22. The minimum absolute atomic E-state index is 0.0154. The van der Waals surface area contributed by atoms with E-state index in [-0.39, 0.29) is 18.4 Å². The van der Waals surface area contributed by atoms with Gasteiger partial charge < -0.3 is 9.84 Å². The highest BCUT2D eigenvalue weighted by atomic mass is 35.5. The highest BCUT2D eigenvalue weighted by Crippen LogP contribution is 2.32. The number of benzene rings is 1. The smallest absolute Gasteiger partial charge is 0.303 e. The summed E-state index contributed by atoms with van der Waals surface area (Å²) in [5.41, 5.74) is 0.974. The standard InChI is InChI=1S/C14H17ClO3/c1-9-7-11(5-6-12(9)15)18-13-4-2-3-10(13)8-14(16)17/h5-7,10,13H,2-4,8H2,1H3,(H,16,17). The van der Waals surface area contributed by atoms with Gasteiger partial charge in [0.2, 0.25) is 0 Å². The lowest BCUT2D eigenvalue weighted by Crippen LogP contribution is -2.23. The molecule has 2 atom stereocenters. The van der Waals surface area contributed by atoms with Crippen LogP contribution in [0.15, 0.2) is 18.2 Å². The number of carboxylic acids is 1. The largest absolute Gasteiger partial charge is 0.490 e. The zero-order chi connectivity index (χ0) is 13.1. The lowest BCUT2D eigenvalue weighted by molar-refractivity contribution is -0.138. The van der Waals surface area contributed by atoms with Crippen molar-refractivity contribution in [3.05, 3.63) is 28.8 Å². The van der Waals surface area contributed by atoms with Gasteiger partial charge in [0.25, 0.3) is 0 Å². The molecule has 0 aliphatic heterocycles. The van der Waals surface area contributed by atoms with Gasteiger partial charge in [0.1, 0.15) is 11.9 Å². The number of hydrogen-bond acceptors (Lipinski definition) is 2. The molecule has 18 heavy (non-hydrogen) atoms. The number of aliphatic carboxylic acids is 1. The van der Waals surface area contributed by atoms with Crippen LogP contribution in [0.2, 0.25) is 5.02 Å². The van der Waals surface area contributed by atoms with Crippen molar-refractivity contribution in [3.8, 4) is 5.75 Å². The Morgan fingerprint density at radius 1 is 1.50 bits per heavy atom. The first kappa shape index (κ1) is 13.2. The van der Waals surface area contributed by atoms with Crippen molar-refractivity contribution in [2.75, 3.05) is 0 Å². The molecule has 1 saturated carbocycles. The first-order chi connectivity index (χ1) is 8.56. The van der Waals surface area contributed by atoms with E-state index in [4.69, 9.17) is 21.4 Å². The Labute approximate surface area is 112 Å². The quantitative estimate of drug-likeness (QED) is 0.906. The third-order valence-corrected chi connectivity index (χ3v) is 3.87. The van der Waals surface area contributed by atoms with Gasteiger partial charge in [-0.25, -0.2) is 0 Å². The summed E-state index contributed by atoms with van der Waals surface area (Å²) in [6, 6.07) is 5.55. The molecular formula is C14H17ClO3.